The number of aliphatic carboxylic acids is 1. The second kappa shape index (κ2) is 15.1. The van der Waals surface area contributed by atoms with E-state index in [1.54, 1.807) is 6.07 Å². The van der Waals surface area contributed by atoms with E-state index in [-0.39, 0.29) is 12.1 Å². The lowest BCUT2D eigenvalue weighted by Crippen LogP contribution is -2.49. The van der Waals surface area contributed by atoms with Crippen LogP contribution in [0.3, 0.4) is 0 Å². The van der Waals surface area contributed by atoms with Gasteiger partial charge in [0.25, 0.3) is 0 Å². The highest BCUT2D eigenvalue weighted by Gasteiger charge is 2.31. The summed E-state index contributed by atoms with van der Waals surface area (Å²) < 4.78 is 28.2. The second-order valence-corrected chi connectivity index (χ2v) is 10.4. The van der Waals surface area contributed by atoms with Crippen molar-refractivity contribution in [3.05, 3.63) is 63.6 Å². The van der Waals surface area contributed by atoms with E-state index < -0.39 is 11.9 Å². The van der Waals surface area contributed by atoms with Gasteiger partial charge in [-0.1, -0.05) is 55.2 Å². The van der Waals surface area contributed by atoms with Crippen molar-refractivity contribution in [1.82, 2.24) is 15.5 Å². The average Bonchev–Trinajstić information content (AvgIpc) is 2.86. The summed E-state index contributed by atoms with van der Waals surface area (Å²) in [5.41, 5.74) is 1.92. The van der Waals surface area contributed by atoms with E-state index in [9.17, 15) is 18.4 Å². The first-order chi connectivity index (χ1) is 17.9. The second-order valence-electron chi connectivity index (χ2n) is 9.55. The average molecular weight is 574 g/mol. The fourth-order valence-electron chi connectivity index (χ4n) is 3.56. The first-order valence-corrected chi connectivity index (χ1v) is 13.1. The van der Waals surface area contributed by atoms with Crippen molar-refractivity contribution in [2.45, 2.75) is 58.7 Å². The highest BCUT2D eigenvalue weighted by Crippen LogP contribution is 2.25. The zero-order valence-corrected chi connectivity index (χ0v) is 23.3. The number of rotatable bonds is 9. The molecular formula is C27H35Cl2F2N3O4. The molecule has 0 spiro atoms. The number of nitrogens with one attached hydrogen (secondary N) is 2. The molecule has 0 atom stereocenters. The number of urea groups is 1. The maximum Gasteiger partial charge on any atom is 0.374 e. The van der Waals surface area contributed by atoms with E-state index in [1.165, 1.54) is 0 Å². The van der Waals surface area contributed by atoms with Gasteiger partial charge >= 0.3 is 17.9 Å². The minimum Gasteiger partial charge on any atom is -0.493 e. The number of carboxylic acids is 1. The minimum absolute atomic E-state index is 0.0851. The SMILES string of the molecule is CC(C)COc1ccc(CNC(=O)N(Cc2ccc(Cl)cc2Cl)C2CCNCC2)cc1.CC(F)(F)C(=O)O. The molecule has 0 bridgehead atoms. The number of benzene rings is 2. The van der Waals surface area contributed by atoms with Crippen LogP contribution in [-0.2, 0) is 17.9 Å². The minimum atomic E-state index is -3.58. The molecule has 11 heteroatoms. The van der Waals surface area contributed by atoms with Gasteiger partial charge in [0, 0.05) is 36.1 Å². The smallest absolute Gasteiger partial charge is 0.374 e. The van der Waals surface area contributed by atoms with Crippen LogP contribution >= 0.6 is 23.2 Å². The van der Waals surface area contributed by atoms with Gasteiger partial charge in [0.1, 0.15) is 5.75 Å². The Hall–Kier alpha value is -2.62. The van der Waals surface area contributed by atoms with Crippen molar-refractivity contribution in [2.24, 2.45) is 5.92 Å². The molecule has 2 amide bonds. The Morgan fingerprint density at radius 2 is 1.76 bits per heavy atom. The molecule has 3 N–H and O–H groups in total. The van der Waals surface area contributed by atoms with Crippen LogP contribution in [0.5, 0.6) is 5.75 Å². The molecule has 38 heavy (non-hydrogen) atoms. The Balaban J connectivity index is 0.000000638. The molecule has 1 fully saturated rings. The van der Waals surface area contributed by atoms with Crippen LogP contribution in [0.2, 0.25) is 10.0 Å². The number of piperidine rings is 1. The van der Waals surface area contributed by atoms with Gasteiger partial charge in [-0.05, 0) is 67.2 Å². The van der Waals surface area contributed by atoms with Crippen LogP contribution in [0.4, 0.5) is 13.6 Å². The van der Waals surface area contributed by atoms with Gasteiger partial charge < -0.3 is 25.4 Å². The largest absolute Gasteiger partial charge is 0.493 e. The molecule has 1 aliphatic rings. The van der Waals surface area contributed by atoms with Gasteiger partial charge in [-0.25, -0.2) is 9.59 Å². The Bertz CT molecular complexity index is 1040. The van der Waals surface area contributed by atoms with E-state index in [2.05, 4.69) is 24.5 Å². The van der Waals surface area contributed by atoms with Crippen molar-refractivity contribution in [3.8, 4) is 5.75 Å². The van der Waals surface area contributed by atoms with Crippen LogP contribution in [0, 0.1) is 5.92 Å². The monoisotopic (exact) mass is 573 g/mol. The zero-order valence-electron chi connectivity index (χ0n) is 21.8. The van der Waals surface area contributed by atoms with E-state index in [4.69, 9.17) is 33.0 Å². The predicted octanol–water partition coefficient (Wildman–Crippen LogP) is 6.22. The standard InChI is InChI=1S/C24H31Cl2N3O2.C3H4F2O2/c1-17(2)16-31-22-7-3-18(4-8-22)14-28-24(30)29(21-9-11-27-12-10-21)15-19-5-6-20(25)13-23(19)26;1-3(4,5)2(6)7/h3-8,13,17,21,27H,9-12,14-16H2,1-2H3,(H,28,30);1H3,(H,6,7). The molecule has 3 rings (SSSR count). The van der Waals surface area contributed by atoms with Crippen molar-refractivity contribution in [3.63, 3.8) is 0 Å². The molecule has 2 aromatic rings. The molecule has 1 saturated heterocycles. The molecule has 1 aliphatic heterocycles. The maximum atomic E-state index is 13.1. The third-order valence-electron chi connectivity index (χ3n) is 5.69. The molecule has 0 unspecified atom stereocenters. The van der Waals surface area contributed by atoms with E-state index in [0.717, 1.165) is 42.8 Å². The van der Waals surface area contributed by atoms with Crippen LogP contribution < -0.4 is 15.4 Å². The Morgan fingerprint density at radius 3 is 2.29 bits per heavy atom. The molecule has 0 aliphatic carbocycles. The van der Waals surface area contributed by atoms with Crippen LogP contribution in [-0.4, -0.2) is 53.7 Å². The van der Waals surface area contributed by atoms with E-state index >= 15 is 0 Å². The summed E-state index contributed by atoms with van der Waals surface area (Å²) in [5, 5.41) is 15.1. The summed E-state index contributed by atoms with van der Waals surface area (Å²) in [6.45, 7) is 7.98. The Morgan fingerprint density at radius 1 is 1.16 bits per heavy atom. The molecular weight excluding hydrogens is 539 g/mol. The fraction of sp³-hybridized carbons (Fsp3) is 0.481. The van der Waals surface area contributed by atoms with Crippen LogP contribution in [0.1, 0.15) is 44.7 Å². The summed E-state index contributed by atoms with van der Waals surface area (Å²) in [7, 11) is 0. The van der Waals surface area contributed by atoms with E-state index in [1.807, 2.05) is 41.3 Å². The number of halogens is 4. The molecule has 1 heterocycles. The van der Waals surface area contributed by atoms with Gasteiger partial charge in [0.2, 0.25) is 0 Å². The lowest BCUT2D eigenvalue weighted by molar-refractivity contribution is -0.161. The summed E-state index contributed by atoms with van der Waals surface area (Å²) in [4.78, 5) is 24.3. The van der Waals surface area contributed by atoms with Gasteiger partial charge in [0.05, 0.1) is 6.61 Å². The third-order valence-corrected chi connectivity index (χ3v) is 6.28. The highest BCUT2D eigenvalue weighted by atomic mass is 35.5. The number of carboxylic acid groups (broad SMARTS) is 1. The number of alkyl halides is 2. The first kappa shape index (κ1) is 31.6. The molecule has 2 aromatic carbocycles. The molecule has 0 aromatic heterocycles. The number of carbonyl (C=O) groups excluding carboxylic acids is 1. The predicted molar refractivity (Wildman–Crippen MR) is 145 cm³/mol. The lowest BCUT2D eigenvalue weighted by atomic mass is 10.0. The molecule has 0 saturated carbocycles. The molecule has 0 radical (unpaired) electrons. The summed E-state index contributed by atoms with van der Waals surface area (Å²) >= 11 is 12.4. The van der Waals surface area contributed by atoms with Gasteiger partial charge in [-0.15, -0.1) is 0 Å². The zero-order chi connectivity index (χ0) is 28.3. The highest BCUT2D eigenvalue weighted by molar-refractivity contribution is 6.35. The summed E-state index contributed by atoms with van der Waals surface area (Å²) in [6, 6.07) is 13.4. The van der Waals surface area contributed by atoms with Gasteiger partial charge in [-0.3, -0.25) is 0 Å². The molecule has 210 valence electrons. The van der Waals surface area contributed by atoms with Gasteiger partial charge in [-0.2, -0.15) is 8.78 Å². The van der Waals surface area contributed by atoms with Crippen LogP contribution in [0.25, 0.3) is 0 Å². The Kier molecular flexibility index (Phi) is 12.5. The lowest BCUT2D eigenvalue weighted by Gasteiger charge is -2.35. The summed E-state index contributed by atoms with van der Waals surface area (Å²) in [6.07, 6.45) is 1.83. The number of hydrogen-bond acceptors (Lipinski definition) is 4. The fourth-order valence-corrected chi connectivity index (χ4v) is 4.03. The number of carbonyl (C=O) groups is 2. The van der Waals surface area contributed by atoms with Crippen molar-refractivity contribution in [2.75, 3.05) is 19.7 Å². The van der Waals surface area contributed by atoms with Crippen molar-refractivity contribution >= 4 is 35.2 Å². The topological polar surface area (TPSA) is 90.9 Å². The summed E-state index contributed by atoms with van der Waals surface area (Å²) in [5.74, 6) is -4.35. The first-order valence-electron chi connectivity index (χ1n) is 12.4. The van der Waals surface area contributed by atoms with Crippen LogP contribution in [0.15, 0.2) is 42.5 Å². The maximum absolute atomic E-state index is 13.1. The molecule has 7 nitrogen and oxygen atoms in total. The third kappa shape index (κ3) is 11.0. The Labute approximate surface area is 232 Å². The number of nitrogens with zero attached hydrogens (tertiary/aromatic N) is 1. The van der Waals surface area contributed by atoms with Crippen molar-refractivity contribution in [1.29, 1.82) is 0 Å². The normalized spacial score (nSPS) is 13.9. The van der Waals surface area contributed by atoms with Gasteiger partial charge in [0.15, 0.2) is 0 Å². The quantitative estimate of drug-likeness (QED) is 0.331. The number of hydrogen-bond donors (Lipinski definition) is 3. The number of amides is 2. The van der Waals surface area contributed by atoms with E-state index in [0.29, 0.717) is 42.6 Å². The number of ether oxygens (including phenoxy) is 1. The van der Waals surface area contributed by atoms with Crippen molar-refractivity contribution < 1.29 is 28.2 Å².